The molecule has 0 spiro atoms. The molecule has 78 valence electrons. The minimum absolute atomic E-state index is 0.366. The van der Waals surface area contributed by atoms with E-state index in [9.17, 15) is 0 Å². The van der Waals surface area contributed by atoms with Crippen LogP contribution in [-0.4, -0.2) is 41.6 Å². The minimum atomic E-state index is 0.366. The third-order valence-electron chi connectivity index (χ3n) is 2.82. The molecule has 0 aromatic carbocycles. The summed E-state index contributed by atoms with van der Waals surface area (Å²) in [5.41, 5.74) is 5.97. The largest absolute Gasteiger partial charge is 0.327 e. The Morgan fingerprint density at radius 2 is 2.31 bits per heavy atom. The van der Waals surface area contributed by atoms with Gasteiger partial charge in [0.2, 0.25) is 0 Å². The molecular formula is C10H22N2S. The van der Waals surface area contributed by atoms with Crippen molar-refractivity contribution in [1.82, 2.24) is 4.90 Å². The van der Waals surface area contributed by atoms with Crippen molar-refractivity contribution in [3.8, 4) is 0 Å². The van der Waals surface area contributed by atoms with Crippen LogP contribution in [0.15, 0.2) is 0 Å². The molecule has 1 aliphatic heterocycles. The van der Waals surface area contributed by atoms with Gasteiger partial charge in [0.1, 0.15) is 0 Å². The van der Waals surface area contributed by atoms with Crippen molar-refractivity contribution in [2.75, 3.05) is 24.6 Å². The van der Waals surface area contributed by atoms with Crippen molar-refractivity contribution in [1.29, 1.82) is 0 Å². The van der Waals surface area contributed by atoms with E-state index in [2.05, 4.69) is 30.5 Å². The molecule has 1 heterocycles. The Kier molecular flexibility index (Phi) is 5.14. The summed E-state index contributed by atoms with van der Waals surface area (Å²) in [4.78, 5) is 2.55. The van der Waals surface area contributed by atoms with E-state index in [1.807, 2.05) is 0 Å². The van der Waals surface area contributed by atoms with Crippen LogP contribution in [0.4, 0.5) is 0 Å². The van der Waals surface area contributed by atoms with Gasteiger partial charge in [0.15, 0.2) is 0 Å². The predicted molar refractivity (Wildman–Crippen MR) is 61.2 cm³/mol. The van der Waals surface area contributed by atoms with Crippen molar-refractivity contribution in [2.45, 2.75) is 38.8 Å². The molecule has 0 aromatic heterocycles. The Balaban J connectivity index is 2.35. The second-order valence-electron chi connectivity index (χ2n) is 3.91. The quantitative estimate of drug-likeness (QED) is 0.753. The van der Waals surface area contributed by atoms with Gasteiger partial charge in [-0.1, -0.05) is 6.92 Å². The van der Waals surface area contributed by atoms with Crippen LogP contribution in [0.3, 0.4) is 0 Å². The number of rotatable bonds is 3. The van der Waals surface area contributed by atoms with E-state index in [-0.39, 0.29) is 0 Å². The van der Waals surface area contributed by atoms with Crippen molar-refractivity contribution >= 4 is 11.8 Å². The maximum absolute atomic E-state index is 5.97. The Hall–Kier alpha value is 0.270. The third-order valence-corrected chi connectivity index (χ3v) is 3.82. The molecule has 0 saturated carbocycles. The highest BCUT2D eigenvalue weighted by molar-refractivity contribution is 7.99. The number of nitrogens with two attached hydrogens (primary N) is 1. The first-order chi connectivity index (χ1) is 6.24. The van der Waals surface area contributed by atoms with Crippen LogP contribution in [-0.2, 0) is 0 Å². The SMILES string of the molecule is CC[C@H](N)CN1CCSCCC1C. The van der Waals surface area contributed by atoms with Gasteiger partial charge in [-0.25, -0.2) is 0 Å². The lowest BCUT2D eigenvalue weighted by molar-refractivity contribution is 0.206. The maximum Gasteiger partial charge on any atom is 0.0165 e. The molecule has 1 rings (SSSR count). The lowest BCUT2D eigenvalue weighted by Crippen LogP contribution is -2.42. The van der Waals surface area contributed by atoms with Gasteiger partial charge in [-0.3, -0.25) is 4.90 Å². The van der Waals surface area contributed by atoms with Crippen molar-refractivity contribution in [2.24, 2.45) is 5.73 Å². The fourth-order valence-corrected chi connectivity index (χ4v) is 2.72. The van der Waals surface area contributed by atoms with Crippen molar-refractivity contribution in [3.63, 3.8) is 0 Å². The molecule has 2 nitrogen and oxygen atoms in total. The predicted octanol–water partition coefficient (Wildman–Crippen LogP) is 1.55. The van der Waals surface area contributed by atoms with Gasteiger partial charge < -0.3 is 5.73 Å². The molecule has 1 aliphatic rings. The molecule has 1 saturated heterocycles. The number of hydrogen-bond donors (Lipinski definition) is 1. The van der Waals surface area contributed by atoms with Crippen molar-refractivity contribution in [3.05, 3.63) is 0 Å². The summed E-state index contributed by atoms with van der Waals surface area (Å²) in [6.07, 6.45) is 2.41. The lowest BCUT2D eigenvalue weighted by Gasteiger charge is -2.28. The zero-order chi connectivity index (χ0) is 9.68. The Labute approximate surface area is 86.2 Å². The molecule has 3 heteroatoms. The van der Waals surface area contributed by atoms with Crippen molar-refractivity contribution < 1.29 is 0 Å². The van der Waals surface area contributed by atoms with Gasteiger partial charge in [0.05, 0.1) is 0 Å². The lowest BCUT2D eigenvalue weighted by atomic mass is 10.1. The van der Waals surface area contributed by atoms with Gasteiger partial charge in [-0.05, 0) is 25.5 Å². The average Bonchev–Trinajstić information content (AvgIpc) is 2.32. The van der Waals surface area contributed by atoms with E-state index in [1.54, 1.807) is 0 Å². The number of hydrogen-bond acceptors (Lipinski definition) is 3. The summed E-state index contributed by atoms with van der Waals surface area (Å²) < 4.78 is 0. The van der Waals surface area contributed by atoms with E-state index >= 15 is 0 Å². The fraction of sp³-hybridized carbons (Fsp3) is 1.00. The standard InChI is InChI=1S/C10H22N2S/c1-3-10(11)8-12-5-7-13-6-4-9(12)2/h9-10H,3-8,11H2,1-2H3/t9?,10-/m0/s1. The Morgan fingerprint density at radius 1 is 1.54 bits per heavy atom. The van der Waals surface area contributed by atoms with Gasteiger partial charge >= 0.3 is 0 Å². The van der Waals surface area contributed by atoms with E-state index in [0.29, 0.717) is 6.04 Å². The fourth-order valence-electron chi connectivity index (χ4n) is 1.64. The number of thioether (sulfide) groups is 1. The first-order valence-electron chi connectivity index (χ1n) is 5.31. The maximum atomic E-state index is 5.97. The highest BCUT2D eigenvalue weighted by Crippen LogP contribution is 2.16. The van der Waals surface area contributed by atoms with Gasteiger partial charge in [0, 0.05) is 30.9 Å². The monoisotopic (exact) mass is 202 g/mol. The average molecular weight is 202 g/mol. The second-order valence-corrected chi connectivity index (χ2v) is 5.14. The zero-order valence-electron chi connectivity index (χ0n) is 8.83. The van der Waals surface area contributed by atoms with Crippen LogP contribution in [0, 0.1) is 0 Å². The van der Waals surface area contributed by atoms with E-state index in [0.717, 1.165) is 19.0 Å². The van der Waals surface area contributed by atoms with Crippen LogP contribution < -0.4 is 5.73 Å². The zero-order valence-corrected chi connectivity index (χ0v) is 9.65. The molecule has 2 atom stereocenters. The number of nitrogens with zero attached hydrogens (tertiary/aromatic N) is 1. The molecular weight excluding hydrogens is 180 g/mol. The summed E-state index contributed by atoms with van der Waals surface area (Å²) in [6.45, 7) is 6.80. The highest BCUT2D eigenvalue weighted by Gasteiger charge is 2.18. The van der Waals surface area contributed by atoms with E-state index in [1.165, 1.54) is 24.5 Å². The van der Waals surface area contributed by atoms with Gasteiger partial charge in [-0.2, -0.15) is 11.8 Å². The smallest absolute Gasteiger partial charge is 0.0165 e. The summed E-state index contributed by atoms with van der Waals surface area (Å²) in [7, 11) is 0. The topological polar surface area (TPSA) is 29.3 Å². The second kappa shape index (κ2) is 5.89. The summed E-state index contributed by atoms with van der Waals surface area (Å²) >= 11 is 2.08. The normalized spacial score (nSPS) is 28.4. The Morgan fingerprint density at radius 3 is 3.00 bits per heavy atom. The summed E-state index contributed by atoms with van der Waals surface area (Å²) in [5, 5.41) is 0. The van der Waals surface area contributed by atoms with Crippen LogP contribution in [0.5, 0.6) is 0 Å². The van der Waals surface area contributed by atoms with Crippen LogP contribution >= 0.6 is 11.8 Å². The van der Waals surface area contributed by atoms with Crippen LogP contribution in [0.1, 0.15) is 26.7 Å². The molecule has 1 fully saturated rings. The molecule has 0 aliphatic carbocycles. The summed E-state index contributed by atoms with van der Waals surface area (Å²) in [6, 6.07) is 1.10. The first-order valence-corrected chi connectivity index (χ1v) is 6.47. The molecule has 0 radical (unpaired) electrons. The van der Waals surface area contributed by atoms with E-state index < -0.39 is 0 Å². The third kappa shape index (κ3) is 3.88. The minimum Gasteiger partial charge on any atom is -0.327 e. The van der Waals surface area contributed by atoms with Gasteiger partial charge in [-0.15, -0.1) is 0 Å². The molecule has 2 N–H and O–H groups in total. The molecule has 0 amide bonds. The molecule has 0 aromatic rings. The Bertz CT molecular complexity index is 141. The van der Waals surface area contributed by atoms with Crippen LogP contribution in [0.2, 0.25) is 0 Å². The molecule has 13 heavy (non-hydrogen) atoms. The molecule has 1 unspecified atom stereocenters. The highest BCUT2D eigenvalue weighted by atomic mass is 32.2. The molecule has 0 bridgehead atoms. The van der Waals surface area contributed by atoms with E-state index in [4.69, 9.17) is 5.73 Å². The summed E-state index contributed by atoms with van der Waals surface area (Å²) in [5.74, 6) is 2.60. The first kappa shape index (κ1) is 11.3. The van der Waals surface area contributed by atoms with Crippen LogP contribution in [0.25, 0.3) is 0 Å². The van der Waals surface area contributed by atoms with Gasteiger partial charge in [0.25, 0.3) is 0 Å².